The normalized spacial score (nSPS) is 14.9. The first-order valence-electron chi connectivity index (χ1n) is 10.9. The molecule has 2 aromatic rings. The fraction of sp³-hybridized carbons (Fsp3) is 0.478. The lowest BCUT2D eigenvalue weighted by Crippen LogP contribution is -2.29. The number of thiophene rings is 1. The molecular weight excluding hydrogens is 448 g/mol. The number of amides is 2. The van der Waals surface area contributed by atoms with E-state index in [2.05, 4.69) is 10.6 Å². The predicted octanol–water partition coefficient (Wildman–Crippen LogP) is 3.90. The Kier molecular flexibility index (Phi) is 7.94. The predicted molar refractivity (Wildman–Crippen MR) is 127 cm³/mol. The molecule has 1 aliphatic carbocycles. The minimum absolute atomic E-state index is 0.133. The number of thioether (sulfide) groups is 1. The molecule has 2 amide bonds. The first-order chi connectivity index (χ1) is 15.7. The maximum atomic E-state index is 12.9. The second-order valence-corrected chi connectivity index (χ2v) is 9.81. The van der Waals surface area contributed by atoms with Gasteiger partial charge in [-0.3, -0.25) is 9.59 Å². The summed E-state index contributed by atoms with van der Waals surface area (Å²) < 4.78 is 16.4. The lowest BCUT2D eigenvalue weighted by Gasteiger charge is -2.13. The Morgan fingerprint density at radius 1 is 1.12 bits per heavy atom. The molecule has 1 aliphatic heterocycles. The molecule has 2 N–H and O–H groups in total. The highest BCUT2D eigenvalue weighted by atomic mass is 32.2. The van der Waals surface area contributed by atoms with Crippen LogP contribution in [0.25, 0.3) is 0 Å². The molecule has 172 valence electrons. The van der Waals surface area contributed by atoms with Crippen molar-refractivity contribution in [3.63, 3.8) is 0 Å². The summed E-state index contributed by atoms with van der Waals surface area (Å²) >= 11 is 2.96. The summed E-state index contributed by atoms with van der Waals surface area (Å²) in [5, 5.41) is 6.54. The number of carbonyl (C=O) groups is 2. The molecule has 0 saturated heterocycles. The fourth-order valence-electron chi connectivity index (χ4n) is 3.79. The lowest BCUT2D eigenvalue weighted by molar-refractivity contribution is -0.113. The Balaban J connectivity index is 1.42. The van der Waals surface area contributed by atoms with Crippen molar-refractivity contribution in [1.82, 2.24) is 5.32 Å². The first kappa shape index (κ1) is 22.9. The summed E-state index contributed by atoms with van der Waals surface area (Å²) in [4.78, 5) is 27.7. The van der Waals surface area contributed by atoms with E-state index in [1.54, 1.807) is 7.11 Å². The summed E-state index contributed by atoms with van der Waals surface area (Å²) in [7, 11) is 1.60. The number of fused-ring (bicyclic) bond motifs is 2. The van der Waals surface area contributed by atoms with Gasteiger partial charge in [0.1, 0.15) is 5.00 Å². The average Bonchev–Trinajstić information content (AvgIpc) is 2.99. The van der Waals surface area contributed by atoms with Gasteiger partial charge in [0.15, 0.2) is 11.5 Å². The summed E-state index contributed by atoms with van der Waals surface area (Å²) in [5.74, 6) is 1.42. The molecule has 0 saturated carbocycles. The molecular formula is C23H28N2O5S2. The van der Waals surface area contributed by atoms with Gasteiger partial charge < -0.3 is 24.8 Å². The third-order valence-corrected chi connectivity index (χ3v) is 7.53. The van der Waals surface area contributed by atoms with Crippen LogP contribution in [0.3, 0.4) is 0 Å². The van der Waals surface area contributed by atoms with Crippen LogP contribution >= 0.6 is 23.1 Å². The Morgan fingerprint density at radius 2 is 1.94 bits per heavy atom. The van der Waals surface area contributed by atoms with Gasteiger partial charge in [-0.2, -0.15) is 0 Å². The monoisotopic (exact) mass is 476 g/mol. The molecule has 2 aliphatic rings. The highest BCUT2D eigenvalue weighted by Gasteiger charge is 2.26. The zero-order valence-electron chi connectivity index (χ0n) is 18.2. The van der Waals surface area contributed by atoms with E-state index in [-0.39, 0.29) is 17.6 Å². The second kappa shape index (κ2) is 11.1. The van der Waals surface area contributed by atoms with Crippen LogP contribution < -0.4 is 20.1 Å². The number of hydrogen-bond donors (Lipinski definition) is 2. The molecule has 32 heavy (non-hydrogen) atoms. The SMILES string of the molecule is COCCNC(=O)c1c(NC(=O)CSc2ccc3c(c2)OCCCO3)sc2c1CCCC2. The van der Waals surface area contributed by atoms with Crippen LogP contribution in [0.1, 0.15) is 40.1 Å². The van der Waals surface area contributed by atoms with Gasteiger partial charge in [-0.1, -0.05) is 0 Å². The van der Waals surface area contributed by atoms with Crippen molar-refractivity contribution in [3.05, 3.63) is 34.2 Å². The minimum atomic E-state index is -0.146. The standard InChI is InChI=1S/C23H28N2O5S2/c1-28-12-9-24-22(27)21-16-5-2-3-6-19(16)32-23(21)25-20(26)14-31-15-7-8-17-18(13-15)30-11-4-10-29-17/h7-8,13H,2-6,9-12,14H2,1H3,(H,24,27)(H,25,26). The molecule has 1 aromatic heterocycles. The molecule has 0 fully saturated rings. The number of rotatable bonds is 8. The van der Waals surface area contributed by atoms with Gasteiger partial charge in [0.25, 0.3) is 5.91 Å². The zero-order chi connectivity index (χ0) is 22.3. The number of hydrogen-bond acceptors (Lipinski definition) is 7. The van der Waals surface area contributed by atoms with Crippen LogP contribution in [0.2, 0.25) is 0 Å². The number of nitrogens with one attached hydrogen (secondary N) is 2. The Hall–Kier alpha value is -2.23. The number of benzene rings is 1. The third kappa shape index (κ3) is 5.57. The number of methoxy groups -OCH3 is 1. The van der Waals surface area contributed by atoms with E-state index < -0.39 is 0 Å². The molecule has 0 spiro atoms. The lowest BCUT2D eigenvalue weighted by atomic mass is 9.95. The van der Waals surface area contributed by atoms with Crippen LogP contribution in [0.4, 0.5) is 5.00 Å². The summed E-state index contributed by atoms with van der Waals surface area (Å²) in [6.07, 6.45) is 4.87. The van der Waals surface area contributed by atoms with Crippen molar-refractivity contribution in [3.8, 4) is 11.5 Å². The highest BCUT2D eigenvalue weighted by molar-refractivity contribution is 8.00. The topological polar surface area (TPSA) is 85.9 Å². The maximum absolute atomic E-state index is 12.9. The quantitative estimate of drug-likeness (QED) is 0.444. The van der Waals surface area contributed by atoms with E-state index >= 15 is 0 Å². The van der Waals surface area contributed by atoms with Crippen LogP contribution in [-0.4, -0.2) is 51.0 Å². The van der Waals surface area contributed by atoms with Gasteiger partial charge >= 0.3 is 0 Å². The third-order valence-electron chi connectivity index (χ3n) is 5.33. The Bertz CT molecular complexity index is 976. The smallest absolute Gasteiger partial charge is 0.254 e. The van der Waals surface area contributed by atoms with Gasteiger partial charge in [0, 0.05) is 29.8 Å². The van der Waals surface area contributed by atoms with Crippen molar-refractivity contribution >= 4 is 39.9 Å². The molecule has 9 heteroatoms. The van der Waals surface area contributed by atoms with E-state index in [1.165, 1.54) is 28.0 Å². The van der Waals surface area contributed by atoms with E-state index in [0.29, 0.717) is 42.7 Å². The molecule has 0 bridgehead atoms. The van der Waals surface area contributed by atoms with E-state index in [9.17, 15) is 9.59 Å². The molecule has 7 nitrogen and oxygen atoms in total. The fourth-order valence-corrected chi connectivity index (χ4v) is 5.82. The summed E-state index contributed by atoms with van der Waals surface area (Å²) in [6, 6.07) is 5.73. The van der Waals surface area contributed by atoms with Gasteiger partial charge in [-0.15, -0.1) is 23.1 Å². The van der Waals surface area contributed by atoms with Gasteiger partial charge in [0.2, 0.25) is 5.91 Å². The highest BCUT2D eigenvalue weighted by Crippen LogP contribution is 2.38. The maximum Gasteiger partial charge on any atom is 0.254 e. The van der Waals surface area contributed by atoms with Crippen LogP contribution in [0.15, 0.2) is 23.1 Å². The zero-order valence-corrected chi connectivity index (χ0v) is 19.8. The minimum Gasteiger partial charge on any atom is -0.490 e. The van der Waals surface area contributed by atoms with Crippen LogP contribution in [0, 0.1) is 0 Å². The average molecular weight is 477 g/mol. The van der Waals surface area contributed by atoms with Crippen molar-refractivity contribution < 1.29 is 23.8 Å². The molecule has 0 unspecified atom stereocenters. The van der Waals surface area contributed by atoms with Crippen LogP contribution in [0.5, 0.6) is 11.5 Å². The van der Waals surface area contributed by atoms with E-state index in [1.807, 2.05) is 18.2 Å². The van der Waals surface area contributed by atoms with E-state index in [0.717, 1.165) is 48.3 Å². The van der Waals surface area contributed by atoms with Crippen LogP contribution in [-0.2, 0) is 22.4 Å². The molecule has 2 heterocycles. The van der Waals surface area contributed by atoms with Crippen molar-refractivity contribution in [2.45, 2.75) is 37.0 Å². The van der Waals surface area contributed by atoms with Crippen molar-refractivity contribution in [2.75, 3.05) is 44.5 Å². The molecule has 0 radical (unpaired) electrons. The van der Waals surface area contributed by atoms with Gasteiger partial charge in [0.05, 0.1) is 31.1 Å². The molecule has 0 atom stereocenters. The number of anilines is 1. The number of ether oxygens (including phenoxy) is 3. The van der Waals surface area contributed by atoms with Gasteiger partial charge in [-0.05, 0) is 49.4 Å². The van der Waals surface area contributed by atoms with Gasteiger partial charge in [-0.25, -0.2) is 0 Å². The van der Waals surface area contributed by atoms with E-state index in [4.69, 9.17) is 14.2 Å². The summed E-state index contributed by atoms with van der Waals surface area (Å²) in [6.45, 7) is 2.16. The largest absolute Gasteiger partial charge is 0.490 e. The van der Waals surface area contributed by atoms with Crippen molar-refractivity contribution in [2.24, 2.45) is 0 Å². The Morgan fingerprint density at radius 3 is 2.78 bits per heavy atom. The number of aryl methyl sites for hydroxylation is 1. The summed E-state index contributed by atoms with van der Waals surface area (Å²) in [5.41, 5.74) is 1.71. The molecule has 1 aromatic carbocycles. The molecule has 4 rings (SSSR count). The Labute approximate surface area is 196 Å². The van der Waals surface area contributed by atoms with Crippen molar-refractivity contribution in [1.29, 1.82) is 0 Å². The number of carbonyl (C=O) groups excluding carboxylic acids is 2. The first-order valence-corrected chi connectivity index (χ1v) is 12.7. The second-order valence-electron chi connectivity index (χ2n) is 7.66.